The molecule has 6 nitrogen and oxygen atoms in total. The molecule has 1 saturated heterocycles. The molecule has 0 unspecified atom stereocenters. The van der Waals surface area contributed by atoms with E-state index >= 15 is 0 Å². The molecule has 1 aromatic carbocycles. The Labute approximate surface area is 103 Å². The molecule has 0 radical (unpaired) electrons. The SMILES string of the molecule is COC(=O)c1ccc2c(c1)NC(=O)C1(CNC1)O2. The van der Waals surface area contributed by atoms with E-state index in [4.69, 9.17) is 4.74 Å². The van der Waals surface area contributed by atoms with E-state index < -0.39 is 11.6 Å². The molecule has 1 spiro atoms. The molecular formula is C12H12N2O4. The van der Waals surface area contributed by atoms with E-state index in [1.165, 1.54) is 7.11 Å². The van der Waals surface area contributed by atoms with Crippen molar-refractivity contribution in [3.8, 4) is 5.75 Å². The van der Waals surface area contributed by atoms with Gasteiger partial charge in [0.2, 0.25) is 5.60 Å². The third kappa shape index (κ3) is 1.46. The van der Waals surface area contributed by atoms with Crippen LogP contribution >= 0.6 is 0 Å². The lowest BCUT2D eigenvalue weighted by molar-refractivity contribution is -0.136. The molecular weight excluding hydrogens is 236 g/mol. The molecule has 1 amide bonds. The molecule has 0 atom stereocenters. The third-order valence-electron chi connectivity index (χ3n) is 3.19. The molecule has 1 aromatic rings. The monoisotopic (exact) mass is 248 g/mol. The summed E-state index contributed by atoms with van der Waals surface area (Å²) in [6.07, 6.45) is 0. The Morgan fingerprint density at radius 2 is 2.22 bits per heavy atom. The summed E-state index contributed by atoms with van der Waals surface area (Å²) in [6.45, 7) is 0.994. The van der Waals surface area contributed by atoms with Gasteiger partial charge in [-0.1, -0.05) is 0 Å². The summed E-state index contributed by atoms with van der Waals surface area (Å²) in [5.74, 6) is -0.0582. The standard InChI is InChI=1S/C12H12N2O4/c1-17-10(15)7-2-3-9-8(4-7)14-11(16)12(18-9)5-13-6-12/h2-4,13H,5-6H2,1H3,(H,14,16). The molecule has 2 aliphatic rings. The average Bonchev–Trinajstić information content (AvgIpc) is 2.34. The van der Waals surface area contributed by atoms with Crippen molar-refractivity contribution in [1.82, 2.24) is 5.32 Å². The first kappa shape index (κ1) is 11.0. The van der Waals surface area contributed by atoms with Crippen LogP contribution in [0.4, 0.5) is 5.69 Å². The van der Waals surface area contributed by atoms with Crippen molar-refractivity contribution in [1.29, 1.82) is 0 Å². The number of hydrogen-bond donors (Lipinski definition) is 2. The van der Waals surface area contributed by atoms with Gasteiger partial charge in [-0.15, -0.1) is 0 Å². The molecule has 94 valence electrons. The Kier molecular flexibility index (Phi) is 2.27. The molecule has 1 fully saturated rings. The number of carbonyl (C=O) groups excluding carboxylic acids is 2. The van der Waals surface area contributed by atoms with Crippen LogP contribution in [0, 0.1) is 0 Å². The lowest BCUT2D eigenvalue weighted by Gasteiger charge is -2.43. The molecule has 2 aliphatic heterocycles. The van der Waals surface area contributed by atoms with Crippen molar-refractivity contribution in [2.75, 3.05) is 25.5 Å². The zero-order chi connectivity index (χ0) is 12.8. The maximum absolute atomic E-state index is 11.9. The second kappa shape index (κ2) is 3.71. The third-order valence-corrected chi connectivity index (χ3v) is 3.19. The highest BCUT2D eigenvalue weighted by molar-refractivity contribution is 6.03. The number of fused-ring (bicyclic) bond motifs is 1. The summed E-state index contributed by atoms with van der Waals surface area (Å²) in [5.41, 5.74) is 0.0861. The maximum Gasteiger partial charge on any atom is 0.337 e. The fraction of sp³-hybridized carbons (Fsp3) is 0.333. The van der Waals surface area contributed by atoms with E-state index in [9.17, 15) is 9.59 Å². The first-order valence-electron chi connectivity index (χ1n) is 5.58. The number of methoxy groups -OCH3 is 1. The van der Waals surface area contributed by atoms with Crippen LogP contribution < -0.4 is 15.4 Å². The fourth-order valence-electron chi connectivity index (χ4n) is 2.04. The predicted octanol–water partition coefficient (Wildman–Crippen LogP) is 0.146. The van der Waals surface area contributed by atoms with Crippen LogP contribution in [0.25, 0.3) is 0 Å². The Morgan fingerprint density at radius 3 is 2.83 bits per heavy atom. The highest BCUT2D eigenvalue weighted by atomic mass is 16.5. The number of amides is 1. The number of anilines is 1. The number of benzene rings is 1. The summed E-state index contributed by atoms with van der Waals surface area (Å²) >= 11 is 0. The fourth-order valence-corrected chi connectivity index (χ4v) is 2.04. The van der Waals surface area contributed by atoms with Crippen molar-refractivity contribution >= 4 is 17.6 Å². The molecule has 3 rings (SSSR count). The van der Waals surface area contributed by atoms with Crippen molar-refractivity contribution in [2.45, 2.75) is 5.60 Å². The van der Waals surface area contributed by atoms with Gasteiger partial charge in [0.1, 0.15) is 5.75 Å². The highest BCUT2D eigenvalue weighted by Gasteiger charge is 2.49. The summed E-state index contributed by atoms with van der Waals surface area (Å²) in [4.78, 5) is 23.3. The summed E-state index contributed by atoms with van der Waals surface area (Å²) in [7, 11) is 1.31. The molecule has 0 aromatic heterocycles. The normalized spacial score (nSPS) is 19.3. The van der Waals surface area contributed by atoms with Gasteiger partial charge in [0.15, 0.2) is 0 Å². The van der Waals surface area contributed by atoms with Crippen molar-refractivity contribution in [3.63, 3.8) is 0 Å². The van der Waals surface area contributed by atoms with Gasteiger partial charge in [-0.3, -0.25) is 4.79 Å². The first-order chi connectivity index (χ1) is 8.64. The van der Waals surface area contributed by atoms with Crippen molar-refractivity contribution in [3.05, 3.63) is 23.8 Å². The molecule has 2 N–H and O–H groups in total. The van der Waals surface area contributed by atoms with Gasteiger partial charge < -0.3 is 20.1 Å². The minimum atomic E-state index is -0.792. The van der Waals surface area contributed by atoms with Gasteiger partial charge in [0.25, 0.3) is 5.91 Å². The van der Waals surface area contributed by atoms with E-state index in [0.29, 0.717) is 30.1 Å². The van der Waals surface area contributed by atoms with Gasteiger partial charge >= 0.3 is 5.97 Å². The zero-order valence-electron chi connectivity index (χ0n) is 9.78. The predicted molar refractivity (Wildman–Crippen MR) is 62.6 cm³/mol. The Hall–Kier alpha value is -2.08. The van der Waals surface area contributed by atoms with Gasteiger partial charge in [-0.2, -0.15) is 0 Å². The van der Waals surface area contributed by atoms with Crippen LogP contribution in [0.5, 0.6) is 5.75 Å². The van der Waals surface area contributed by atoms with E-state index in [2.05, 4.69) is 15.4 Å². The van der Waals surface area contributed by atoms with Crippen molar-refractivity contribution < 1.29 is 19.1 Å². The Morgan fingerprint density at radius 1 is 1.44 bits per heavy atom. The molecule has 0 aliphatic carbocycles. The topological polar surface area (TPSA) is 76.7 Å². The van der Waals surface area contributed by atoms with Crippen molar-refractivity contribution in [2.24, 2.45) is 0 Å². The van der Waals surface area contributed by atoms with Gasteiger partial charge in [0.05, 0.1) is 18.4 Å². The van der Waals surface area contributed by atoms with E-state index in [1.807, 2.05) is 0 Å². The maximum atomic E-state index is 11.9. The lowest BCUT2D eigenvalue weighted by Crippen LogP contribution is -2.70. The average molecular weight is 248 g/mol. The van der Waals surface area contributed by atoms with Crippen LogP contribution in [0.15, 0.2) is 18.2 Å². The molecule has 6 heteroatoms. The van der Waals surface area contributed by atoms with E-state index in [-0.39, 0.29) is 5.91 Å². The Bertz CT molecular complexity index is 537. The smallest absolute Gasteiger partial charge is 0.337 e. The summed E-state index contributed by atoms with van der Waals surface area (Å²) < 4.78 is 10.3. The number of carbonyl (C=O) groups is 2. The Balaban J connectivity index is 1.95. The number of ether oxygens (including phenoxy) is 2. The zero-order valence-corrected chi connectivity index (χ0v) is 9.78. The number of rotatable bonds is 1. The van der Waals surface area contributed by atoms with E-state index in [0.717, 1.165) is 0 Å². The lowest BCUT2D eigenvalue weighted by atomic mass is 9.93. The molecule has 18 heavy (non-hydrogen) atoms. The summed E-state index contributed by atoms with van der Waals surface area (Å²) in [5, 5.41) is 5.77. The largest absolute Gasteiger partial charge is 0.473 e. The van der Waals surface area contributed by atoms with Crippen LogP contribution in [0.2, 0.25) is 0 Å². The first-order valence-corrected chi connectivity index (χ1v) is 5.58. The van der Waals surface area contributed by atoms with Crippen LogP contribution in [0.3, 0.4) is 0 Å². The second-order valence-electron chi connectivity index (χ2n) is 4.36. The quantitative estimate of drug-likeness (QED) is 0.692. The minimum Gasteiger partial charge on any atom is -0.473 e. The van der Waals surface area contributed by atoms with Crippen LogP contribution in [-0.2, 0) is 9.53 Å². The summed E-state index contributed by atoms with van der Waals surface area (Å²) in [6, 6.07) is 4.83. The number of hydrogen-bond acceptors (Lipinski definition) is 5. The van der Waals surface area contributed by atoms with Crippen LogP contribution in [0.1, 0.15) is 10.4 Å². The molecule has 0 bridgehead atoms. The van der Waals surface area contributed by atoms with Crippen LogP contribution in [-0.4, -0.2) is 37.7 Å². The molecule has 0 saturated carbocycles. The molecule has 2 heterocycles. The minimum absolute atomic E-state index is 0.184. The number of esters is 1. The second-order valence-corrected chi connectivity index (χ2v) is 4.36. The van der Waals surface area contributed by atoms with Gasteiger partial charge in [-0.25, -0.2) is 4.79 Å². The highest BCUT2D eigenvalue weighted by Crippen LogP contribution is 2.36. The van der Waals surface area contributed by atoms with Gasteiger partial charge in [0, 0.05) is 13.1 Å². The van der Waals surface area contributed by atoms with E-state index in [1.54, 1.807) is 18.2 Å². The van der Waals surface area contributed by atoms with Gasteiger partial charge in [-0.05, 0) is 18.2 Å². The number of nitrogens with one attached hydrogen (secondary N) is 2.